The zero-order valence-corrected chi connectivity index (χ0v) is 20.2. The van der Waals surface area contributed by atoms with Crippen LogP contribution in [0.25, 0.3) is 22.5 Å². The fraction of sp³-hybridized carbons (Fsp3) is 0.148. The summed E-state index contributed by atoms with van der Waals surface area (Å²) in [6, 6.07) is 18.5. The van der Waals surface area contributed by atoms with E-state index in [2.05, 4.69) is 10.5 Å². The van der Waals surface area contributed by atoms with Crippen LogP contribution in [0, 0.1) is 12.7 Å². The molecule has 0 radical (unpaired) electrons. The van der Waals surface area contributed by atoms with E-state index in [0.29, 0.717) is 44.4 Å². The lowest BCUT2D eigenvalue weighted by Gasteiger charge is -2.15. The van der Waals surface area contributed by atoms with Gasteiger partial charge in [0.1, 0.15) is 23.3 Å². The van der Waals surface area contributed by atoms with Crippen molar-refractivity contribution >= 4 is 29.4 Å². The number of benzene rings is 3. The lowest BCUT2D eigenvalue weighted by Crippen LogP contribution is -2.17. The number of amides is 1. The summed E-state index contributed by atoms with van der Waals surface area (Å²) in [4.78, 5) is 23.7. The van der Waals surface area contributed by atoms with Crippen molar-refractivity contribution < 1.29 is 28.3 Å². The molecule has 0 aliphatic carbocycles. The Morgan fingerprint density at radius 3 is 2.56 bits per heavy atom. The van der Waals surface area contributed by atoms with E-state index in [-0.39, 0.29) is 5.56 Å². The van der Waals surface area contributed by atoms with E-state index in [1.54, 1.807) is 68.4 Å². The fourth-order valence-electron chi connectivity index (χ4n) is 3.77. The Morgan fingerprint density at radius 2 is 1.81 bits per heavy atom. The number of anilines is 1. The molecule has 1 heterocycles. The van der Waals surface area contributed by atoms with Crippen molar-refractivity contribution in [2.75, 3.05) is 5.32 Å². The van der Waals surface area contributed by atoms with Crippen LogP contribution >= 0.6 is 11.6 Å². The number of hydrogen-bond donors (Lipinski definition) is 2. The first-order valence-electron chi connectivity index (χ1n) is 11.0. The first-order chi connectivity index (χ1) is 17.2. The molecule has 36 heavy (non-hydrogen) atoms. The molecule has 0 aliphatic heterocycles. The van der Waals surface area contributed by atoms with Crippen LogP contribution in [0.4, 0.5) is 14.9 Å². The molecule has 0 saturated carbocycles. The van der Waals surface area contributed by atoms with Gasteiger partial charge in [0.2, 0.25) is 0 Å². The number of nitrogens with zero attached hydrogens (tertiary/aromatic N) is 1. The fourth-order valence-corrected chi connectivity index (χ4v) is 4.06. The minimum Gasteiger partial charge on any atom is -0.481 e. The van der Waals surface area contributed by atoms with Crippen LogP contribution in [0.15, 0.2) is 71.3 Å². The molecule has 1 atom stereocenters. The van der Waals surface area contributed by atoms with Gasteiger partial charge in [0.15, 0.2) is 5.76 Å². The summed E-state index contributed by atoms with van der Waals surface area (Å²) >= 11 is 6.20. The van der Waals surface area contributed by atoms with Crippen LogP contribution in [0.3, 0.4) is 0 Å². The molecule has 0 saturated heterocycles. The summed E-state index contributed by atoms with van der Waals surface area (Å²) in [5.74, 6) is -1.40. The maximum Gasteiger partial charge on any atom is 0.412 e. The van der Waals surface area contributed by atoms with E-state index in [9.17, 15) is 14.0 Å². The van der Waals surface area contributed by atoms with Crippen molar-refractivity contribution in [3.05, 3.63) is 94.4 Å². The Labute approximate surface area is 211 Å². The number of rotatable bonds is 7. The van der Waals surface area contributed by atoms with E-state index >= 15 is 0 Å². The molecule has 184 valence electrons. The van der Waals surface area contributed by atoms with Gasteiger partial charge >= 0.3 is 12.1 Å². The van der Waals surface area contributed by atoms with Crippen LogP contribution < -0.4 is 5.32 Å². The van der Waals surface area contributed by atoms with Crippen LogP contribution in [-0.2, 0) is 16.0 Å². The van der Waals surface area contributed by atoms with E-state index in [0.717, 1.165) is 0 Å². The molecule has 9 heteroatoms. The van der Waals surface area contributed by atoms with Crippen molar-refractivity contribution in [2.45, 2.75) is 26.4 Å². The summed E-state index contributed by atoms with van der Waals surface area (Å²) in [5, 5.41) is 16.2. The van der Waals surface area contributed by atoms with Gasteiger partial charge in [-0.1, -0.05) is 59.2 Å². The highest BCUT2D eigenvalue weighted by Crippen LogP contribution is 2.34. The summed E-state index contributed by atoms with van der Waals surface area (Å²) in [5.41, 5.74) is 3.48. The highest BCUT2D eigenvalue weighted by molar-refractivity contribution is 6.31. The number of aromatic nitrogens is 1. The van der Waals surface area contributed by atoms with Crippen LogP contribution in [-0.4, -0.2) is 22.3 Å². The third kappa shape index (κ3) is 5.55. The zero-order valence-electron chi connectivity index (χ0n) is 19.4. The monoisotopic (exact) mass is 508 g/mol. The Bertz CT molecular complexity index is 1440. The molecule has 0 fully saturated rings. The zero-order chi connectivity index (χ0) is 25.8. The van der Waals surface area contributed by atoms with E-state index in [1.165, 1.54) is 12.1 Å². The van der Waals surface area contributed by atoms with Crippen LogP contribution in [0.2, 0.25) is 5.02 Å². The number of nitrogens with one attached hydrogen (secondary N) is 1. The molecule has 7 nitrogen and oxygen atoms in total. The van der Waals surface area contributed by atoms with Gasteiger partial charge in [-0.25, -0.2) is 9.18 Å². The molecule has 1 unspecified atom stereocenters. The first-order valence-corrected chi connectivity index (χ1v) is 11.4. The maximum atomic E-state index is 14.0. The van der Waals surface area contributed by atoms with E-state index in [4.69, 9.17) is 26.0 Å². The van der Waals surface area contributed by atoms with Crippen molar-refractivity contribution in [3.63, 3.8) is 0 Å². The number of ether oxygens (including phenoxy) is 1. The van der Waals surface area contributed by atoms with Crippen molar-refractivity contribution in [1.82, 2.24) is 5.16 Å². The second-order valence-electron chi connectivity index (χ2n) is 8.12. The average Bonchev–Trinajstić information content (AvgIpc) is 3.20. The van der Waals surface area contributed by atoms with Gasteiger partial charge < -0.3 is 14.4 Å². The average molecular weight is 509 g/mol. The second kappa shape index (κ2) is 10.6. The number of carboxylic acid groups (broad SMARTS) is 1. The number of hydrogen-bond acceptors (Lipinski definition) is 5. The van der Waals surface area contributed by atoms with Gasteiger partial charge in [-0.3, -0.25) is 10.1 Å². The lowest BCUT2D eigenvalue weighted by molar-refractivity contribution is -0.136. The van der Waals surface area contributed by atoms with Gasteiger partial charge in [0.25, 0.3) is 0 Å². The third-order valence-corrected chi connectivity index (χ3v) is 5.91. The van der Waals surface area contributed by atoms with Gasteiger partial charge in [-0.15, -0.1) is 0 Å². The summed E-state index contributed by atoms with van der Waals surface area (Å²) in [6.07, 6.45) is -1.73. The highest BCUT2D eigenvalue weighted by atomic mass is 35.5. The lowest BCUT2D eigenvalue weighted by atomic mass is 9.98. The molecule has 0 bridgehead atoms. The smallest absolute Gasteiger partial charge is 0.412 e. The number of carbonyl (C=O) groups is 2. The van der Waals surface area contributed by atoms with Crippen molar-refractivity contribution in [1.29, 1.82) is 0 Å². The number of aliphatic carboxylic acids is 1. The van der Waals surface area contributed by atoms with Gasteiger partial charge in [-0.2, -0.15) is 0 Å². The highest BCUT2D eigenvalue weighted by Gasteiger charge is 2.21. The molecule has 4 aromatic rings. The Hall–Kier alpha value is -4.17. The number of carbonyl (C=O) groups excluding carboxylic acids is 1. The minimum absolute atomic E-state index is 0.0821. The Balaban J connectivity index is 1.58. The number of halogens is 2. The molecular weight excluding hydrogens is 487 g/mol. The van der Waals surface area contributed by atoms with E-state index < -0.39 is 30.4 Å². The maximum absolute atomic E-state index is 14.0. The molecule has 2 N–H and O–H groups in total. The first kappa shape index (κ1) is 24.9. The molecule has 4 rings (SSSR count). The molecular formula is C27H22ClFN2O5. The molecule has 0 aliphatic rings. The predicted molar refractivity (Wildman–Crippen MR) is 133 cm³/mol. The van der Waals surface area contributed by atoms with Gasteiger partial charge in [0.05, 0.1) is 6.42 Å². The van der Waals surface area contributed by atoms with Crippen molar-refractivity contribution in [2.24, 2.45) is 0 Å². The van der Waals surface area contributed by atoms with Crippen LogP contribution in [0.1, 0.15) is 29.8 Å². The SMILES string of the molecule is Cc1noc(-c2cccc(-c3ccc(F)c(CC(=O)O)c3)c2)c1NC(=O)OC(C)c1ccccc1Cl. The second-order valence-corrected chi connectivity index (χ2v) is 8.53. The molecule has 3 aromatic carbocycles. The Kier molecular flexibility index (Phi) is 7.36. The normalized spacial score (nSPS) is 11.7. The summed E-state index contributed by atoms with van der Waals surface area (Å²) < 4.78 is 25.0. The summed E-state index contributed by atoms with van der Waals surface area (Å²) in [7, 11) is 0. The molecule has 0 spiro atoms. The third-order valence-electron chi connectivity index (χ3n) is 5.56. The Morgan fingerprint density at radius 1 is 1.08 bits per heavy atom. The topological polar surface area (TPSA) is 102 Å². The summed E-state index contributed by atoms with van der Waals surface area (Å²) in [6.45, 7) is 3.40. The van der Waals surface area contributed by atoms with Crippen LogP contribution in [0.5, 0.6) is 0 Å². The minimum atomic E-state index is -1.12. The quantitative estimate of drug-likeness (QED) is 0.277. The van der Waals surface area contributed by atoms with Gasteiger partial charge in [0, 0.05) is 16.1 Å². The van der Waals surface area contributed by atoms with E-state index in [1.807, 2.05) is 0 Å². The standard InChI is InChI=1S/C27H22ClFN2O5/c1-15-25(30-27(34)35-16(2)21-8-3-4-9-22(21)28)26(36-31-15)19-7-5-6-17(12-19)18-10-11-23(29)20(13-18)14-24(32)33/h3-13,16H,14H2,1-2H3,(H,30,34)(H,32,33). The molecule has 1 amide bonds. The number of aryl methyl sites for hydroxylation is 1. The van der Waals surface area contributed by atoms with Crippen molar-refractivity contribution in [3.8, 4) is 22.5 Å². The predicted octanol–water partition coefficient (Wildman–Crippen LogP) is 7.05. The van der Waals surface area contributed by atoms with Gasteiger partial charge in [-0.05, 0) is 54.8 Å². The largest absolute Gasteiger partial charge is 0.481 e. The molecule has 1 aromatic heterocycles. The number of carboxylic acids is 1.